The van der Waals surface area contributed by atoms with Gasteiger partial charge in [-0.3, -0.25) is 4.68 Å². The first-order valence-electron chi connectivity index (χ1n) is 4.02. The monoisotopic (exact) mass is 168 g/mol. The SMILES string of the molecule is Cn1nccc1COCC1CO1. The summed E-state index contributed by atoms with van der Waals surface area (Å²) < 4.78 is 12.2. The van der Waals surface area contributed by atoms with E-state index in [4.69, 9.17) is 9.47 Å². The molecule has 0 aromatic carbocycles. The molecule has 1 unspecified atom stereocenters. The van der Waals surface area contributed by atoms with Crippen molar-refractivity contribution < 1.29 is 9.47 Å². The van der Waals surface area contributed by atoms with Crippen LogP contribution in [-0.2, 0) is 23.1 Å². The van der Waals surface area contributed by atoms with Crippen LogP contribution in [-0.4, -0.2) is 29.1 Å². The third-order valence-corrected chi connectivity index (χ3v) is 1.88. The van der Waals surface area contributed by atoms with Gasteiger partial charge in [-0.2, -0.15) is 5.10 Å². The van der Waals surface area contributed by atoms with Gasteiger partial charge in [0.1, 0.15) is 6.10 Å². The van der Waals surface area contributed by atoms with Gasteiger partial charge in [-0.05, 0) is 6.07 Å². The van der Waals surface area contributed by atoms with Crippen LogP contribution in [0.1, 0.15) is 5.69 Å². The molecule has 0 N–H and O–H groups in total. The summed E-state index contributed by atoms with van der Waals surface area (Å²) in [6.07, 6.45) is 2.12. The van der Waals surface area contributed by atoms with E-state index in [1.165, 1.54) is 0 Å². The quantitative estimate of drug-likeness (QED) is 0.608. The van der Waals surface area contributed by atoms with Crippen LogP contribution in [0.5, 0.6) is 0 Å². The molecule has 1 aromatic rings. The van der Waals surface area contributed by atoms with Crippen molar-refractivity contribution in [3.63, 3.8) is 0 Å². The molecule has 1 fully saturated rings. The van der Waals surface area contributed by atoms with Crippen molar-refractivity contribution in [2.24, 2.45) is 7.05 Å². The van der Waals surface area contributed by atoms with E-state index in [1.807, 2.05) is 17.8 Å². The molecule has 1 aliphatic heterocycles. The molecule has 0 radical (unpaired) electrons. The van der Waals surface area contributed by atoms with Crippen molar-refractivity contribution in [3.05, 3.63) is 18.0 Å². The van der Waals surface area contributed by atoms with Crippen LogP contribution in [0.25, 0.3) is 0 Å². The van der Waals surface area contributed by atoms with Crippen LogP contribution in [0.2, 0.25) is 0 Å². The molecule has 1 aliphatic rings. The maximum atomic E-state index is 5.40. The predicted octanol–water partition coefficient (Wildman–Crippen LogP) is 0.335. The summed E-state index contributed by atoms with van der Waals surface area (Å²) in [6, 6.07) is 1.95. The van der Waals surface area contributed by atoms with Gasteiger partial charge >= 0.3 is 0 Å². The fraction of sp³-hybridized carbons (Fsp3) is 0.625. The lowest BCUT2D eigenvalue weighted by Crippen LogP contribution is -2.05. The van der Waals surface area contributed by atoms with E-state index in [9.17, 15) is 0 Å². The highest BCUT2D eigenvalue weighted by molar-refractivity contribution is 4.97. The first-order valence-corrected chi connectivity index (χ1v) is 4.02. The minimum Gasteiger partial charge on any atom is -0.372 e. The van der Waals surface area contributed by atoms with Gasteiger partial charge in [-0.25, -0.2) is 0 Å². The molecule has 0 spiro atoms. The van der Waals surface area contributed by atoms with Gasteiger partial charge in [-0.1, -0.05) is 0 Å². The normalized spacial score (nSPS) is 21.2. The lowest BCUT2D eigenvalue weighted by molar-refractivity contribution is 0.0995. The van der Waals surface area contributed by atoms with Crippen LogP contribution < -0.4 is 0 Å². The minimum absolute atomic E-state index is 0.346. The summed E-state index contributed by atoms with van der Waals surface area (Å²) in [7, 11) is 1.91. The Bertz CT molecular complexity index is 255. The average molecular weight is 168 g/mol. The Morgan fingerprint density at radius 1 is 1.83 bits per heavy atom. The van der Waals surface area contributed by atoms with E-state index >= 15 is 0 Å². The Hall–Kier alpha value is -0.870. The number of aromatic nitrogens is 2. The Morgan fingerprint density at radius 3 is 3.25 bits per heavy atom. The Balaban J connectivity index is 1.75. The summed E-state index contributed by atoms with van der Waals surface area (Å²) in [5, 5.41) is 4.04. The zero-order valence-electron chi connectivity index (χ0n) is 7.06. The fourth-order valence-electron chi connectivity index (χ4n) is 1.00. The van der Waals surface area contributed by atoms with Gasteiger partial charge in [0, 0.05) is 13.2 Å². The van der Waals surface area contributed by atoms with E-state index < -0.39 is 0 Å². The van der Waals surface area contributed by atoms with Crippen LogP contribution in [0, 0.1) is 0 Å². The topological polar surface area (TPSA) is 39.6 Å². The third kappa shape index (κ3) is 1.84. The Labute approximate surface area is 71.1 Å². The molecule has 0 saturated carbocycles. The van der Waals surface area contributed by atoms with Crippen LogP contribution >= 0.6 is 0 Å². The first kappa shape index (κ1) is 7.76. The number of hydrogen-bond acceptors (Lipinski definition) is 3. The second-order valence-electron chi connectivity index (χ2n) is 2.92. The third-order valence-electron chi connectivity index (χ3n) is 1.88. The molecule has 0 amide bonds. The molecule has 0 bridgehead atoms. The Kier molecular flexibility index (Phi) is 2.10. The van der Waals surface area contributed by atoms with Gasteiger partial charge in [0.2, 0.25) is 0 Å². The number of aryl methyl sites for hydroxylation is 1. The van der Waals surface area contributed by atoms with Crippen molar-refractivity contribution in [3.8, 4) is 0 Å². The van der Waals surface area contributed by atoms with Crippen LogP contribution in [0.4, 0.5) is 0 Å². The molecular weight excluding hydrogens is 156 g/mol. The van der Waals surface area contributed by atoms with E-state index in [0.717, 1.165) is 12.3 Å². The molecule has 1 aromatic heterocycles. The maximum absolute atomic E-state index is 5.40. The predicted molar refractivity (Wildman–Crippen MR) is 42.6 cm³/mol. The molecule has 4 heteroatoms. The summed E-state index contributed by atoms with van der Waals surface area (Å²) in [5.41, 5.74) is 1.09. The number of rotatable bonds is 4. The van der Waals surface area contributed by atoms with Crippen LogP contribution in [0.15, 0.2) is 12.3 Å². The van der Waals surface area contributed by atoms with E-state index in [2.05, 4.69) is 5.10 Å². The van der Waals surface area contributed by atoms with Crippen molar-refractivity contribution in [1.29, 1.82) is 0 Å². The van der Waals surface area contributed by atoms with E-state index in [0.29, 0.717) is 19.3 Å². The van der Waals surface area contributed by atoms with Gasteiger partial charge in [-0.15, -0.1) is 0 Å². The second-order valence-corrected chi connectivity index (χ2v) is 2.92. The fourth-order valence-corrected chi connectivity index (χ4v) is 1.00. The summed E-state index contributed by atoms with van der Waals surface area (Å²) in [6.45, 7) is 2.17. The van der Waals surface area contributed by atoms with Crippen molar-refractivity contribution >= 4 is 0 Å². The lowest BCUT2D eigenvalue weighted by atomic mass is 10.4. The van der Waals surface area contributed by atoms with Crippen LogP contribution in [0.3, 0.4) is 0 Å². The highest BCUT2D eigenvalue weighted by atomic mass is 16.6. The zero-order valence-corrected chi connectivity index (χ0v) is 7.06. The first-order chi connectivity index (χ1) is 5.86. The summed E-state index contributed by atoms with van der Waals surface area (Å²) in [4.78, 5) is 0. The largest absolute Gasteiger partial charge is 0.372 e. The molecule has 1 saturated heterocycles. The van der Waals surface area contributed by atoms with Gasteiger partial charge in [0.15, 0.2) is 0 Å². The summed E-state index contributed by atoms with van der Waals surface area (Å²) >= 11 is 0. The lowest BCUT2D eigenvalue weighted by Gasteiger charge is -2.01. The number of hydrogen-bond donors (Lipinski definition) is 0. The van der Waals surface area contributed by atoms with E-state index in [-0.39, 0.29) is 0 Å². The number of nitrogens with zero attached hydrogens (tertiary/aromatic N) is 2. The maximum Gasteiger partial charge on any atom is 0.104 e. The average Bonchev–Trinajstić information content (AvgIpc) is 2.78. The van der Waals surface area contributed by atoms with Crippen molar-refractivity contribution in [2.75, 3.05) is 13.2 Å². The van der Waals surface area contributed by atoms with Crippen molar-refractivity contribution in [2.45, 2.75) is 12.7 Å². The van der Waals surface area contributed by atoms with Gasteiger partial charge < -0.3 is 9.47 Å². The van der Waals surface area contributed by atoms with Gasteiger partial charge in [0.05, 0.1) is 25.5 Å². The van der Waals surface area contributed by atoms with Crippen molar-refractivity contribution in [1.82, 2.24) is 9.78 Å². The second kappa shape index (κ2) is 3.25. The Morgan fingerprint density at radius 2 is 2.67 bits per heavy atom. The van der Waals surface area contributed by atoms with Gasteiger partial charge in [0.25, 0.3) is 0 Å². The van der Waals surface area contributed by atoms with E-state index in [1.54, 1.807) is 6.20 Å². The molecule has 0 aliphatic carbocycles. The highest BCUT2D eigenvalue weighted by Crippen LogP contribution is 2.09. The molecule has 12 heavy (non-hydrogen) atoms. The molecule has 2 heterocycles. The molecule has 2 rings (SSSR count). The number of epoxide rings is 1. The standard InChI is InChI=1S/C8H12N2O2/c1-10-7(2-3-9-10)4-11-5-8-6-12-8/h2-3,8H,4-6H2,1H3. The number of ether oxygens (including phenoxy) is 2. The smallest absolute Gasteiger partial charge is 0.104 e. The minimum atomic E-state index is 0.346. The summed E-state index contributed by atoms with van der Waals surface area (Å²) in [5.74, 6) is 0. The zero-order chi connectivity index (χ0) is 8.39. The highest BCUT2D eigenvalue weighted by Gasteiger charge is 2.22. The molecule has 4 nitrogen and oxygen atoms in total. The molecule has 66 valence electrons. The molecular formula is C8H12N2O2. The molecule has 1 atom stereocenters.